The quantitative estimate of drug-likeness (QED) is 0.784. The molecule has 0 unspecified atom stereocenters. The van der Waals surface area contributed by atoms with Crippen molar-refractivity contribution in [2.24, 2.45) is 5.41 Å². The molecule has 1 aliphatic heterocycles. The molecule has 3 heteroatoms. The average molecular weight is 230 g/mol. The van der Waals surface area contributed by atoms with E-state index >= 15 is 0 Å². The molecule has 96 valence electrons. The molecule has 16 heavy (non-hydrogen) atoms. The highest BCUT2D eigenvalue weighted by Gasteiger charge is 2.42. The van der Waals surface area contributed by atoms with Gasteiger partial charge < -0.3 is 14.4 Å². The Bertz CT molecular complexity index is 236. The number of quaternary nitrogens is 1. The Hall–Kier alpha value is -0.120. The number of nitrogens with one attached hydrogen (secondary N) is 1. The topological polar surface area (TPSA) is 22.9 Å². The van der Waals surface area contributed by atoms with Gasteiger partial charge in [-0.05, 0) is 34.6 Å². The van der Waals surface area contributed by atoms with E-state index in [9.17, 15) is 0 Å². The van der Waals surface area contributed by atoms with E-state index in [0.29, 0.717) is 0 Å². The third-order valence-corrected chi connectivity index (χ3v) is 3.01. The first-order valence-corrected chi connectivity index (χ1v) is 6.25. The van der Waals surface area contributed by atoms with Gasteiger partial charge in [0.05, 0.1) is 37.8 Å². The van der Waals surface area contributed by atoms with Gasteiger partial charge in [0.1, 0.15) is 0 Å². The third kappa shape index (κ3) is 3.72. The summed E-state index contributed by atoms with van der Waals surface area (Å²) in [5.74, 6) is 0. The number of hydrogen-bond acceptors (Lipinski definition) is 2. The monoisotopic (exact) mass is 230 g/mol. The summed E-state index contributed by atoms with van der Waals surface area (Å²) >= 11 is 0. The van der Waals surface area contributed by atoms with Crippen LogP contribution in [-0.4, -0.2) is 38.6 Å². The van der Waals surface area contributed by atoms with E-state index in [2.05, 4.69) is 48.7 Å². The molecule has 0 bridgehead atoms. The summed E-state index contributed by atoms with van der Waals surface area (Å²) in [4.78, 5) is 1.42. The number of rotatable bonds is 3. The lowest BCUT2D eigenvalue weighted by molar-refractivity contribution is -0.866. The summed E-state index contributed by atoms with van der Waals surface area (Å²) in [6.07, 6.45) is 1.15. The predicted molar refractivity (Wildman–Crippen MR) is 65.6 cm³/mol. The molecule has 3 nitrogen and oxygen atoms in total. The Morgan fingerprint density at radius 1 is 1.31 bits per heavy atom. The highest BCUT2D eigenvalue weighted by molar-refractivity contribution is 4.83. The Balaban J connectivity index is 2.71. The standard InChI is InChI=1S/C13H27NO2/c1-10-8-13(4,5)16-11(15-10)12(2,3)9-14(6)7/h10-11H,8-9H2,1-7H3/p+1/t10-,11+/m0/s1. The molecule has 0 spiro atoms. The van der Waals surface area contributed by atoms with Gasteiger partial charge in [0, 0.05) is 6.42 Å². The molecule has 1 fully saturated rings. The molecule has 1 aliphatic rings. The van der Waals surface area contributed by atoms with Crippen LogP contribution < -0.4 is 4.90 Å². The van der Waals surface area contributed by atoms with Crippen molar-refractivity contribution >= 4 is 0 Å². The summed E-state index contributed by atoms with van der Waals surface area (Å²) in [6.45, 7) is 11.9. The Morgan fingerprint density at radius 2 is 1.88 bits per heavy atom. The van der Waals surface area contributed by atoms with E-state index in [-0.39, 0.29) is 23.4 Å². The van der Waals surface area contributed by atoms with Crippen LogP contribution >= 0.6 is 0 Å². The highest BCUT2D eigenvalue weighted by Crippen LogP contribution is 2.35. The van der Waals surface area contributed by atoms with E-state index in [4.69, 9.17) is 9.47 Å². The molecule has 0 aromatic rings. The van der Waals surface area contributed by atoms with Gasteiger partial charge in [0.25, 0.3) is 0 Å². The van der Waals surface area contributed by atoms with E-state index in [1.807, 2.05) is 0 Å². The summed E-state index contributed by atoms with van der Waals surface area (Å²) in [7, 11) is 4.33. The van der Waals surface area contributed by atoms with Crippen molar-refractivity contribution in [1.82, 2.24) is 0 Å². The van der Waals surface area contributed by atoms with Crippen LogP contribution in [-0.2, 0) is 9.47 Å². The van der Waals surface area contributed by atoms with Gasteiger partial charge in [-0.25, -0.2) is 0 Å². The maximum atomic E-state index is 6.07. The van der Waals surface area contributed by atoms with Crippen LogP contribution in [0.4, 0.5) is 0 Å². The first-order valence-electron chi connectivity index (χ1n) is 6.25. The lowest BCUT2D eigenvalue weighted by Gasteiger charge is -2.45. The number of ether oxygens (including phenoxy) is 2. The summed E-state index contributed by atoms with van der Waals surface area (Å²) in [5.41, 5.74) is -0.0218. The largest absolute Gasteiger partial charge is 0.349 e. The van der Waals surface area contributed by atoms with Crippen molar-refractivity contribution in [3.8, 4) is 0 Å². The normalized spacial score (nSPS) is 30.8. The van der Waals surface area contributed by atoms with Gasteiger partial charge in [0.15, 0.2) is 6.29 Å². The van der Waals surface area contributed by atoms with E-state index in [1.54, 1.807) is 0 Å². The predicted octanol–water partition coefficient (Wildman–Crippen LogP) is 1.09. The lowest BCUT2D eigenvalue weighted by Crippen LogP contribution is -3.07. The molecule has 0 amide bonds. The summed E-state index contributed by atoms with van der Waals surface area (Å²) in [6, 6.07) is 0. The van der Waals surface area contributed by atoms with Crippen molar-refractivity contribution in [2.75, 3.05) is 20.6 Å². The lowest BCUT2D eigenvalue weighted by atomic mass is 9.89. The fourth-order valence-electron chi connectivity index (χ4n) is 2.66. The maximum absolute atomic E-state index is 6.07. The molecular weight excluding hydrogens is 202 g/mol. The molecule has 0 radical (unpaired) electrons. The zero-order valence-corrected chi connectivity index (χ0v) is 11.9. The zero-order chi connectivity index (χ0) is 12.6. The van der Waals surface area contributed by atoms with Crippen LogP contribution in [0.2, 0.25) is 0 Å². The molecular formula is C13H28NO2+. The van der Waals surface area contributed by atoms with Crippen molar-refractivity contribution in [1.29, 1.82) is 0 Å². The van der Waals surface area contributed by atoms with Gasteiger partial charge >= 0.3 is 0 Å². The molecule has 1 rings (SSSR count). The summed E-state index contributed by atoms with van der Waals surface area (Å²) < 4.78 is 12.0. The van der Waals surface area contributed by atoms with Gasteiger partial charge in [-0.3, -0.25) is 0 Å². The zero-order valence-electron chi connectivity index (χ0n) is 11.9. The smallest absolute Gasteiger partial charge is 0.169 e. The molecule has 1 N–H and O–H groups in total. The Kier molecular flexibility index (Phi) is 4.04. The molecule has 1 saturated heterocycles. The maximum Gasteiger partial charge on any atom is 0.169 e. The first kappa shape index (κ1) is 13.9. The van der Waals surface area contributed by atoms with Crippen LogP contribution in [0.1, 0.15) is 41.0 Å². The second kappa shape index (κ2) is 4.63. The molecule has 0 aliphatic carbocycles. The second-order valence-electron chi connectivity index (χ2n) is 6.73. The highest BCUT2D eigenvalue weighted by atomic mass is 16.7. The van der Waals surface area contributed by atoms with Crippen molar-refractivity contribution in [3.05, 3.63) is 0 Å². The molecule has 2 atom stereocenters. The van der Waals surface area contributed by atoms with Crippen LogP contribution in [0.15, 0.2) is 0 Å². The molecule has 0 aromatic carbocycles. The van der Waals surface area contributed by atoms with Gasteiger partial charge in [-0.1, -0.05) is 0 Å². The molecule has 1 heterocycles. The van der Waals surface area contributed by atoms with Gasteiger partial charge in [-0.15, -0.1) is 0 Å². The van der Waals surface area contributed by atoms with Crippen molar-refractivity contribution < 1.29 is 14.4 Å². The Labute approximate surface area is 100 Å². The van der Waals surface area contributed by atoms with E-state index < -0.39 is 0 Å². The van der Waals surface area contributed by atoms with Crippen molar-refractivity contribution in [2.45, 2.75) is 59.0 Å². The van der Waals surface area contributed by atoms with Crippen LogP contribution in [0.25, 0.3) is 0 Å². The fourth-order valence-corrected chi connectivity index (χ4v) is 2.66. The first-order chi connectivity index (χ1) is 7.12. The minimum Gasteiger partial charge on any atom is -0.349 e. The molecule has 0 aromatic heterocycles. The van der Waals surface area contributed by atoms with Crippen molar-refractivity contribution in [3.63, 3.8) is 0 Å². The van der Waals surface area contributed by atoms with Gasteiger partial charge in [-0.2, -0.15) is 0 Å². The molecule has 0 saturated carbocycles. The summed E-state index contributed by atoms with van der Waals surface area (Å²) in [5, 5.41) is 0. The number of hydrogen-bond donors (Lipinski definition) is 1. The van der Waals surface area contributed by atoms with Crippen LogP contribution in [0, 0.1) is 5.41 Å². The SMILES string of the molecule is C[C@H]1CC(C)(C)O[C@H](C(C)(C)C[NH+](C)C)O1. The van der Waals surface area contributed by atoms with Crippen LogP contribution in [0.5, 0.6) is 0 Å². The Morgan fingerprint density at radius 3 is 2.31 bits per heavy atom. The van der Waals surface area contributed by atoms with E-state index in [1.165, 1.54) is 4.90 Å². The fraction of sp³-hybridized carbons (Fsp3) is 1.00. The van der Waals surface area contributed by atoms with Gasteiger partial charge in [0.2, 0.25) is 0 Å². The average Bonchev–Trinajstić information content (AvgIpc) is 1.96. The minimum atomic E-state index is -0.0962. The van der Waals surface area contributed by atoms with E-state index in [0.717, 1.165) is 13.0 Å². The third-order valence-electron chi connectivity index (χ3n) is 3.01. The second-order valence-corrected chi connectivity index (χ2v) is 6.73. The van der Waals surface area contributed by atoms with Crippen LogP contribution in [0.3, 0.4) is 0 Å². The minimum absolute atomic E-state index is 0.0464.